The van der Waals surface area contributed by atoms with Crippen molar-refractivity contribution in [2.45, 2.75) is 33.1 Å². The molecular weight excluding hydrogens is 188 g/mol. The first kappa shape index (κ1) is 12.6. The number of aliphatic carboxylic acids is 1. The molecule has 0 aromatic rings. The van der Waals surface area contributed by atoms with Gasteiger partial charge in [0, 0.05) is 6.42 Å². The highest BCUT2D eigenvalue weighted by molar-refractivity contribution is 5.87. The second-order valence-electron chi connectivity index (χ2n) is 3.34. The molecule has 0 rings (SSSR count). The van der Waals surface area contributed by atoms with Crippen molar-refractivity contribution in [1.82, 2.24) is 0 Å². The summed E-state index contributed by atoms with van der Waals surface area (Å²) in [5.74, 6) is -2.35. The first-order chi connectivity index (χ1) is 6.41. The van der Waals surface area contributed by atoms with Crippen molar-refractivity contribution in [2.24, 2.45) is 5.92 Å². The maximum Gasteiger partial charge on any atom is 0.314 e. The molecule has 0 spiro atoms. The third-order valence-electron chi connectivity index (χ3n) is 1.35. The molecule has 0 radical (unpaired) electrons. The van der Waals surface area contributed by atoms with E-state index in [-0.39, 0.29) is 25.2 Å². The van der Waals surface area contributed by atoms with Crippen molar-refractivity contribution >= 4 is 17.9 Å². The van der Waals surface area contributed by atoms with Gasteiger partial charge in [-0.25, -0.2) is 0 Å². The number of carboxylic acids is 1. The summed E-state index contributed by atoms with van der Waals surface area (Å²) in [4.78, 5) is 31.8. The van der Waals surface area contributed by atoms with Crippen molar-refractivity contribution in [3.05, 3.63) is 0 Å². The van der Waals surface area contributed by atoms with Gasteiger partial charge in [-0.3, -0.25) is 14.4 Å². The lowest BCUT2D eigenvalue weighted by atomic mass is 10.1. The molecule has 80 valence electrons. The lowest BCUT2D eigenvalue weighted by Crippen LogP contribution is -2.14. The summed E-state index contributed by atoms with van der Waals surface area (Å²) in [5, 5.41) is 8.25. The second-order valence-corrected chi connectivity index (χ2v) is 3.34. The smallest absolute Gasteiger partial charge is 0.314 e. The number of rotatable bonds is 5. The third kappa shape index (κ3) is 7.27. The standard InChI is InChI=1S/C9H14O5/c1-6(2)5-9(13)14-8(12)4-3-7(10)11/h6H,3-5H2,1-2H3,(H,10,11). The number of ether oxygens (including phenoxy) is 1. The van der Waals surface area contributed by atoms with Crippen molar-refractivity contribution in [2.75, 3.05) is 0 Å². The predicted octanol–water partition coefficient (Wildman–Crippen LogP) is 0.967. The fraction of sp³-hybridized carbons (Fsp3) is 0.667. The zero-order valence-electron chi connectivity index (χ0n) is 8.28. The van der Waals surface area contributed by atoms with Crippen LogP contribution >= 0.6 is 0 Å². The van der Waals surface area contributed by atoms with E-state index in [1.54, 1.807) is 0 Å². The van der Waals surface area contributed by atoms with Crippen LogP contribution in [-0.2, 0) is 19.1 Å². The Morgan fingerprint density at radius 1 is 1.14 bits per heavy atom. The van der Waals surface area contributed by atoms with Crippen molar-refractivity contribution in [3.8, 4) is 0 Å². The molecule has 0 saturated carbocycles. The van der Waals surface area contributed by atoms with Crippen molar-refractivity contribution in [1.29, 1.82) is 0 Å². The van der Waals surface area contributed by atoms with E-state index in [2.05, 4.69) is 4.74 Å². The van der Waals surface area contributed by atoms with Gasteiger partial charge in [-0.1, -0.05) is 13.8 Å². The van der Waals surface area contributed by atoms with E-state index in [0.717, 1.165) is 0 Å². The van der Waals surface area contributed by atoms with Crippen molar-refractivity contribution < 1.29 is 24.2 Å². The largest absolute Gasteiger partial charge is 0.481 e. The van der Waals surface area contributed by atoms with Crippen LogP contribution in [0.1, 0.15) is 33.1 Å². The van der Waals surface area contributed by atoms with Crippen LogP contribution in [-0.4, -0.2) is 23.0 Å². The Kier molecular flexibility index (Phi) is 5.52. The molecule has 0 aliphatic rings. The monoisotopic (exact) mass is 202 g/mol. The van der Waals surface area contributed by atoms with E-state index in [1.165, 1.54) is 0 Å². The molecule has 5 nitrogen and oxygen atoms in total. The van der Waals surface area contributed by atoms with Crippen LogP contribution in [0, 0.1) is 5.92 Å². The molecule has 0 unspecified atom stereocenters. The van der Waals surface area contributed by atoms with Crippen LogP contribution in [0.25, 0.3) is 0 Å². The lowest BCUT2D eigenvalue weighted by Gasteiger charge is -2.03. The van der Waals surface area contributed by atoms with Gasteiger partial charge in [0.2, 0.25) is 0 Å². The highest BCUT2D eigenvalue weighted by Gasteiger charge is 2.12. The minimum atomic E-state index is -1.08. The molecule has 0 bridgehead atoms. The molecule has 0 amide bonds. The maximum atomic E-state index is 10.9. The zero-order valence-corrected chi connectivity index (χ0v) is 8.28. The van der Waals surface area contributed by atoms with Gasteiger partial charge in [-0.2, -0.15) is 0 Å². The van der Waals surface area contributed by atoms with E-state index in [9.17, 15) is 14.4 Å². The molecule has 0 aliphatic heterocycles. The summed E-state index contributed by atoms with van der Waals surface area (Å²) < 4.78 is 4.37. The lowest BCUT2D eigenvalue weighted by molar-refractivity contribution is -0.161. The molecule has 0 heterocycles. The minimum absolute atomic E-state index is 0.120. The van der Waals surface area contributed by atoms with Crippen molar-refractivity contribution in [3.63, 3.8) is 0 Å². The zero-order chi connectivity index (χ0) is 11.1. The SMILES string of the molecule is CC(C)CC(=O)OC(=O)CCC(=O)O. The van der Waals surface area contributed by atoms with Gasteiger partial charge in [0.05, 0.1) is 12.8 Å². The highest BCUT2D eigenvalue weighted by atomic mass is 16.6. The quantitative estimate of drug-likeness (QED) is 0.530. The van der Waals surface area contributed by atoms with E-state index in [1.807, 2.05) is 13.8 Å². The molecule has 14 heavy (non-hydrogen) atoms. The van der Waals surface area contributed by atoms with Crippen LogP contribution in [0.15, 0.2) is 0 Å². The molecular formula is C9H14O5. The summed E-state index contributed by atoms with van der Waals surface area (Å²) in [5.41, 5.74) is 0. The van der Waals surface area contributed by atoms with E-state index in [0.29, 0.717) is 0 Å². The summed E-state index contributed by atoms with van der Waals surface area (Å²) in [6.07, 6.45) is -0.411. The normalized spacial score (nSPS) is 9.93. The molecule has 0 atom stereocenters. The number of esters is 2. The Morgan fingerprint density at radius 3 is 2.14 bits per heavy atom. The average molecular weight is 202 g/mol. The van der Waals surface area contributed by atoms with Gasteiger partial charge < -0.3 is 9.84 Å². The fourth-order valence-corrected chi connectivity index (χ4v) is 0.762. The number of carbonyl (C=O) groups is 3. The van der Waals surface area contributed by atoms with E-state index >= 15 is 0 Å². The topological polar surface area (TPSA) is 80.7 Å². The summed E-state index contributed by atoms with van der Waals surface area (Å²) in [6.45, 7) is 3.64. The predicted molar refractivity (Wildman–Crippen MR) is 47.4 cm³/mol. The average Bonchev–Trinajstić information content (AvgIpc) is 1.98. The fourth-order valence-electron chi connectivity index (χ4n) is 0.762. The molecule has 1 N–H and O–H groups in total. The van der Waals surface area contributed by atoms with E-state index in [4.69, 9.17) is 5.11 Å². The summed E-state index contributed by atoms with van der Waals surface area (Å²) in [7, 11) is 0. The first-order valence-corrected chi connectivity index (χ1v) is 4.37. The number of carbonyl (C=O) groups excluding carboxylic acids is 2. The Bertz CT molecular complexity index is 231. The van der Waals surface area contributed by atoms with Gasteiger partial charge >= 0.3 is 17.9 Å². The van der Waals surface area contributed by atoms with E-state index < -0.39 is 17.9 Å². The summed E-state index contributed by atoms with van der Waals surface area (Å²) in [6, 6.07) is 0. The number of hydrogen-bond donors (Lipinski definition) is 1. The molecule has 5 heteroatoms. The van der Waals surface area contributed by atoms with Crippen LogP contribution in [0.3, 0.4) is 0 Å². The van der Waals surface area contributed by atoms with Crippen LogP contribution in [0.2, 0.25) is 0 Å². The number of carboxylic acid groups (broad SMARTS) is 1. The number of hydrogen-bond acceptors (Lipinski definition) is 4. The van der Waals surface area contributed by atoms with Crippen LogP contribution < -0.4 is 0 Å². The molecule has 0 aliphatic carbocycles. The van der Waals surface area contributed by atoms with Gasteiger partial charge in [0.15, 0.2) is 0 Å². The minimum Gasteiger partial charge on any atom is -0.481 e. The summed E-state index contributed by atoms with van der Waals surface area (Å²) >= 11 is 0. The first-order valence-electron chi connectivity index (χ1n) is 4.37. The maximum absolute atomic E-state index is 10.9. The second kappa shape index (κ2) is 6.12. The molecule has 0 fully saturated rings. The van der Waals surface area contributed by atoms with Gasteiger partial charge in [-0.15, -0.1) is 0 Å². The van der Waals surface area contributed by atoms with Gasteiger partial charge in [-0.05, 0) is 5.92 Å². The highest BCUT2D eigenvalue weighted by Crippen LogP contribution is 2.02. The Labute approximate surface area is 82.1 Å². The Morgan fingerprint density at radius 2 is 1.71 bits per heavy atom. The molecule has 0 saturated heterocycles. The third-order valence-corrected chi connectivity index (χ3v) is 1.35. The molecule has 0 aromatic heterocycles. The Balaban J connectivity index is 3.72. The molecule has 0 aromatic carbocycles. The van der Waals surface area contributed by atoms with Crippen LogP contribution in [0.4, 0.5) is 0 Å². The van der Waals surface area contributed by atoms with Gasteiger partial charge in [0.25, 0.3) is 0 Å². The van der Waals surface area contributed by atoms with Crippen LogP contribution in [0.5, 0.6) is 0 Å². The van der Waals surface area contributed by atoms with Gasteiger partial charge in [0.1, 0.15) is 0 Å². The Hall–Kier alpha value is -1.39.